The Kier molecular flexibility index (Phi) is 11.3. The molecule has 9 heteroatoms. The van der Waals surface area contributed by atoms with Gasteiger partial charge in [0, 0.05) is 30.7 Å². The largest absolute Gasteiger partial charge is 0.490 e. The second-order valence-corrected chi connectivity index (χ2v) is 7.34. The van der Waals surface area contributed by atoms with Gasteiger partial charge in [0.25, 0.3) is 0 Å². The van der Waals surface area contributed by atoms with Crippen molar-refractivity contribution >= 4 is 41.3 Å². The molecule has 29 heavy (non-hydrogen) atoms. The lowest BCUT2D eigenvalue weighted by Gasteiger charge is -2.33. The van der Waals surface area contributed by atoms with Crippen LogP contribution in [0.2, 0.25) is 0 Å². The molecule has 3 rings (SSSR count). The Bertz CT molecular complexity index is 696. The summed E-state index contributed by atoms with van der Waals surface area (Å²) in [7, 11) is 0. The fourth-order valence-corrected chi connectivity index (χ4v) is 3.90. The molecule has 1 unspecified atom stereocenters. The SMILES string of the molecule is CCNC(=NCC(c1cccs1)N1CCOCC1)NCCOc1cccnc1.I. The summed E-state index contributed by atoms with van der Waals surface area (Å²) >= 11 is 1.79. The zero-order valence-corrected chi connectivity index (χ0v) is 19.9. The van der Waals surface area contributed by atoms with Crippen LogP contribution in [0.4, 0.5) is 0 Å². The maximum absolute atomic E-state index is 5.69. The van der Waals surface area contributed by atoms with Gasteiger partial charge < -0.3 is 20.1 Å². The first-order chi connectivity index (χ1) is 13.9. The number of hydrogen-bond acceptors (Lipinski definition) is 6. The van der Waals surface area contributed by atoms with E-state index in [0.29, 0.717) is 19.7 Å². The quantitative estimate of drug-likeness (QED) is 0.225. The van der Waals surface area contributed by atoms with Crippen molar-refractivity contribution in [3.8, 4) is 5.75 Å². The summed E-state index contributed by atoms with van der Waals surface area (Å²) in [5.74, 6) is 1.59. The zero-order chi connectivity index (χ0) is 19.4. The Morgan fingerprint density at radius 2 is 2.17 bits per heavy atom. The molecule has 1 aliphatic heterocycles. The zero-order valence-electron chi connectivity index (χ0n) is 16.8. The minimum Gasteiger partial charge on any atom is -0.490 e. The Morgan fingerprint density at radius 1 is 1.31 bits per heavy atom. The second kappa shape index (κ2) is 13.7. The summed E-state index contributed by atoms with van der Waals surface area (Å²) in [6.45, 7) is 8.28. The molecule has 160 valence electrons. The third kappa shape index (κ3) is 8.07. The number of halogens is 1. The van der Waals surface area contributed by atoms with Crippen molar-refractivity contribution in [3.63, 3.8) is 0 Å². The highest BCUT2D eigenvalue weighted by atomic mass is 127. The van der Waals surface area contributed by atoms with E-state index in [1.165, 1.54) is 4.88 Å². The van der Waals surface area contributed by atoms with Crippen molar-refractivity contribution < 1.29 is 9.47 Å². The number of thiophene rings is 1. The normalized spacial score (nSPS) is 16.0. The number of aromatic nitrogens is 1. The highest BCUT2D eigenvalue weighted by Crippen LogP contribution is 2.26. The van der Waals surface area contributed by atoms with E-state index >= 15 is 0 Å². The number of rotatable bonds is 9. The van der Waals surface area contributed by atoms with Gasteiger partial charge in [-0.2, -0.15) is 0 Å². The van der Waals surface area contributed by atoms with Crippen molar-refractivity contribution in [3.05, 3.63) is 46.9 Å². The molecule has 7 nitrogen and oxygen atoms in total. The lowest BCUT2D eigenvalue weighted by atomic mass is 10.2. The molecule has 0 aromatic carbocycles. The van der Waals surface area contributed by atoms with Crippen LogP contribution in [0, 0.1) is 0 Å². The van der Waals surface area contributed by atoms with Crippen molar-refractivity contribution in [2.45, 2.75) is 13.0 Å². The smallest absolute Gasteiger partial charge is 0.191 e. The molecule has 0 saturated carbocycles. The summed E-state index contributed by atoms with van der Waals surface area (Å²) in [6.07, 6.45) is 3.45. The molecule has 0 spiro atoms. The molecule has 1 saturated heterocycles. The van der Waals surface area contributed by atoms with E-state index in [2.05, 4.69) is 45.0 Å². The minimum absolute atomic E-state index is 0. The number of ether oxygens (including phenoxy) is 2. The van der Waals surface area contributed by atoms with E-state index in [4.69, 9.17) is 14.5 Å². The predicted octanol–water partition coefficient (Wildman–Crippen LogP) is 2.77. The van der Waals surface area contributed by atoms with Crippen LogP contribution in [-0.2, 0) is 4.74 Å². The molecule has 2 aromatic rings. The van der Waals surface area contributed by atoms with Gasteiger partial charge in [-0.3, -0.25) is 14.9 Å². The first-order valence-electron chi connectivity index (χ1n) is 9.77. The number of pyridine rings is 1. The fraction of sp³-hybridized carbons (Fsp3) is 0.500. The molecule has 0 aliphatic carbocycles. The molecular weight excluding hydrogens is 501 g/mol. The third-order valence-electron chi connectivity index (χ3n) is 4.42. The molecule has 2 N–H and O–H groups in total. The fourth-order valence-electron chi connectivity index (χ4n) is 3.05. The number of hydrogen-bond donors (Lipinski definition) is 2. The summed E-state index contributed by atoms with van der Waals surface area (Å²) in [6, 6.07) is 8.36. The van der Waals surface area contributed by atoms with Crippen molar-refractivity contribution in [1.29, 1.82) is 0 Å². The molecule has 3 heterocycles. The maximum Gasteiger partial charge on any atom is 0.191 e. The van der Waals surface area contributed by atoms with Crippen molar-refractivity contribution in [1.82, 2.24) is 20.5 Å². The van der Waals surface area contributed by atoms with E-state index in [0.717, 1.165) is 44.6 Å². The van der Waals surface area contributed by atoms with E-state index in [1.54, 1.807) is 23.7 Å². The first-order valence-corrected chi connectivity index (χ1v) is 10.6. The van der Waals surface area contributed by atoms with Gasteiger partial charge in [0.2, 0.25) is 0 Å². The molecular formula is C20H30IN5O2S. The van der Waals surface area contributed by atoms with E-state index in [9.17, 15) is 0 Å². The summed E-state index contributed by atoms with van der Waals surface area (Å²) < 4.78 is 11.2. The summed E-state index contributed by atoms with van der Waals surface area (Å²) in [4.78, 5) is 12.7. The molecule has 0 amide bonds. The highest BCUT2D eigenvalue weighted by molar-refractivity contribution is 14.0. The van der Waals surface area contributed by atoms with E-state index in [-0.39, 0.29) is 30.0 Å². The summed E-state index contributed by atoms with van der Waals surface area (Å²) in [5, 5.41) is 8.79. The third-order valence-corrected chi connectivity index (χ3v) is 5.40. The van der Waals surface area contributed by atoms with Crippen LogP contribution in [0.25, 0.3) is 0 Å². The van der Waals surface area contributed by atoms with E-state index < -0.39 is 0 Å². The average molecular weight is 531 g/mol. The molecule has 1 fully saturated rings. The van der Waals surface area contributed by atoms with Gasteiger partial charge in [-0.25, -0.2) is 0 Å². The van der Waals surface area contributed by atoms with Crippen LogP contribution in [0.15, 0.2) is 47.0 Å². The monoisotopic (exact) mass is 531 g/mol. The highest BCUT2D eigenvalue weighted by Gasteiger charge is 2.23. The Labute approximate surface area is 193 Å². The number of nitrogens with zero attached hydrogens (tertiary/aromatic N) is 3. The van der Waals surface area contributed by atoms with Gasteiger partial charge in [-0.15, -0.1) is 35.3 Å². The number of aliphatic imine (C=N–C) groups is 1. The van der Waals surface area contributed by atoms with Crippen LogP contribution in [0.5, 0.6) is 5.75 Å². The number of nitrogens with one attached hydrogen (secondary N) is 2. The molecule has 0 radical (unpaired) electrons. The van der Waals surface area contributed by atoms with Crippen molar-refractivity contribution in [2.24, 2.45) is 4.99 Å². The lowest BCUT2D eigenvalue weighted by molar-refractivity contribution is 0.0186. The van der Waals surface area contributed by atoms with Crippen LogP contribution < -0.4 is 15.4 Å². The number of morpholine rings is 1. The van der Waals surface area contributed by atoms with Gasteiger partial charge >= 0.3 is 0 Å². The van der Waals surface area contributed by atoms with Crippen LogP contribution >= 0.6 is 35.3 Å². The van der Waals surface area contributed by atoms with Gasteiger partial charge in [0.1, 0.15) is 12.4 Å². The lowest BCUT2D eigenvalue weighted by Crippen LogP contribution is -2.42. The van der Waals surface area contributed by atoms with Crippen LogP contribution in [0.3, 0.4) is 0 Å². The summed E-state index contributed by atoms with van der Waals surface area (Å²) in [5.41, 5.74) is 0. The van der Waals surface area contributed by atoms with Gasteiger partial charge in [0.05, 0.1) is 38.5 Å². The standard InChI is InChI=1S/C20H29N5O2S.HI/c1-2-22-20(23-8-11-27-17-5-3-7-21-15-17)24-16-18(19-6-4-14-28-19)25-9-12-26-13-10-25;/h3-7,14-15,18H,2,8-13,16H2,1H3,(H2,22,23,24);1H. The Morgan fingerprint density at radius 3 is 2.86 bits per heavy atom. The first kappa shape index (κ1) is 23.8. The molecule has 0 bridgehead atoms. The van der Waals surface area contributed by atoms with Crippen LogP contribution in [-0.4, -0.2) is 68.4 Å². The van der Waals surface area contributed by atoms with Gasteiger partial charge in [0.15, 0.2) is 5.96 Å². The Hall–Kier alpha value is -1.43. The second-order valence-electron chi connectivity index (χ2n) is 6.36. The molecule has 1 aliphatic rings. The topological polar surface area (TPSA) is 71.0 Å². The molecule has 1 atom stereocenters. The number of guanidine groups is 1. The Balaban J connectivity index is 0.00000300. The predicted molar refractivity (Wildman–Crippen MR) is 129 cm³/mol. The van der Waals surface area contributed by atoms with Gasteiger partial charge in [-0.1, -0.05) is 6.07 Å². The van der Waals surface area contributed by atoms with Gasteiger partial charge in [-0.05, 0) is 30.5 Å². The van der Waals surface area contributed by atoms with Crippen LogP contribution in [0.1, 0.15) is 17.8 Å². The maximum atomic E-state index is 5.69. The van der Waals surface area contributed by atoms with E-state index in [1.807, 2.05) is 12.1 Å². The van der Waals surface area contributed by atoms with Crippen molar-refractivity contribution in [2.75, 3.05) is 52.5 Å². The minimum atomic E-state index is 0. The average Bonchev–Trinajstić information content (AvgIpc) is 3.27. The molecule has 2 aromatic heterocycles.